The lowest BCUT2D eigenvalue weighted by molar-refractivity contribution is -0.137. The van der Waals surface area contributed by atoms with Crippen LogP contribution in [0.25, 0.3) is 20.9 Å². The van der Waals surface area contributed by atoms with Gasteiger partial charge in [0.25, 0.3) is 5.56 Å². The van der Waals surface area contributed by atoms with Crippen LogP contribution in [0.4, 0.5) is 13.2 Å². The Hall–Kier alpha value is -3.51. The van der Waals surface area contributed by atoms with Gasteiger partial charge in [-0.2, -0.15) is 18.3 Å². The van der Waals surface area contributed by atoms with Crippen LogP contribution in [0.15, 0.2) is 52.8 Å². The number of aryl methyl sites for hydroxylation is 1. The van der Waals surface area contributed by atoms with Gasteiger partial charge in [0.05, 0.1) is 22.6 Å². The van der Waals surface area contributed by atoms with Crippen molar-refractivity contribution in [3.8, 4) is 5.69 Å². The first-order valence-corrected chi connectivity index (χ1v) is 11.2. The zero-order valence-corrected chi connectivity index (χ0v) is 18.4. The van der Waals surface area contributed by atoms with E-state index >= 15 is 0 Å². The summed E-state index contributed by atoms with van der Waals surface area (Å²) in [5.41, 5.74) is 0.0620. The second-order valence-electron chi connectivity index (χ2n) is 7.09. The minimum absolute atomic E-state index is 0.185. The van der Waals surface area contributed by atoms with Crippen LogP contribution in [0.2, 0.25) is 0 Å². The number of esters is 1. The molecule has 0 bridgehead atoms. The van der Waals surface area contributed by atoms with E-state index < -0.39 is 17.7 Å². The summed E-state index contributed by atoms with van der Waals surface area (Å²) in [5, 5.41) is 6.70. The van der Waals surface area contributed by atoms with E-state index in [0.717, 1.165) is 23.5 Å². The van der Waals surface area contributed by atoms with Crippen LogP contribution in [0.1, 0.15) is 26.6 Å². The predicted molar refractivity (Wildman–Crippen MR) is 117 cm³/mol. The molecule has 0 radical (unpaired) electrons. The van der Waals surface area contributed by atoms with Crippen LogP contribution >= 0.6 is 22.7 Å². The van der Waals surface area contributed by atoms with Crippen molar-refractivity contribution in [3.05, 3.63) is 80.2 Å². The average molecular weight is 490 g/mol. The van der Waals surface area contributed by atoms with Crippen molar-refractivity contribution in [2.45, 2.75) is 19.7 Å². The molecule has 0 N–H and O–H groups in total. The molecule has 5 aromatic rings. The minimum atomic E-state index is -4.48. The number of nitrogens with zero attached hydrogens (tertiary/aromatic N) is 4. The molecule has 0 atom stereocenters. The SMILES string of the molecule is Cc1nn(-c2cccc(C(F)(F)F)c2)c2sc(C(=O)OCc3cc(=O)n4ccsc4n3)cc12. The highest BCUT2D eigenvalue weighted by Gasteiger charge is 2.31. The number of benzene rings is 1. The third-order valence-electron chi connectivity index (χ3n) is 4.87. The van der Waals surface area contributed by atoms with E-state index in [1.807, 2.05) is 0 Å². The highest BCUT2D eigenvalue weighted by atomic mass is 32.1. The molecule has 0 spiro atoms. The second kappa shape index (κ2) is 7.81. The Kier molecular flexibility index (Phi) is 5.05. The maximum atomic E-state index is 13.1. The Morgan fingerprint density at radius 2 is 2.03 bits per heavy atom. The number of fused-ring (bicyclic) bond motifs is 2. The molecule has 0 saturated carbocycles. The largest absolute Gasteiger partial charge is 0.455 e. The fraction of sp³-hybridized carbons (Fsp3) is 0.143. The van der Waals surface area contributed by atoms with Crippen LogP contribution in [0.5, 0.6) is 0 Å². The van der Waals surface area contributed by atoms with Crippen LogP contribution in [-0.4, -0.2) is 25.1 Å². The number of hydrogen-bond donors (Lipinski definition) is 0. The summed E-state index contributed by atoms with van der Waals surface area (Å²) in [6.45, 7) is 1.53. The average Bonchev–Trinajstić information content (AvgIpc) is 3.48. The molecule has 0 amide bonds. The number of halogens is 3. The van der Waals surface area contributed by atoms with E-state index in [4.69, 9.17) is 4.74 Å². The first-order valence-electron chi connectivity index (χ1n) is 9.50. The maximum Gasteiger partial charge on any atom is 0.416 e. The summed E-state index contributed by atoms with van der Waals surface area (Å²) in [5.74, 6) is -0.626. The highest BCUT2D eigenvalue weighted by molar-refractivity contribution is 7.20. The molecule has 0 aliphatic heterocycles. The molecular weight excluding hydrogens is 477 g/mol. The molecule has 5 rings (SSSR count). The Bertz CT molecular complexity index is 1580. The third-order valence-corrected chi connectivity index (χ3v) is 6.72. The summed E-state index contributed by atoms with van der Waals surface area (Å²) in [6.07, 6.45) is -2.87. The highest BCUT2D eigenvalue weighted by Crippen LogP contribution is 2.34. The Balaban J connectivity index is 1.42. The number of carbonyl (C=O) groups is 1. The smallest absolute Gasteiger partial charge is 0.416 e. The first kappa shape index (κ1) is 21.3. The van der Waals surface area contributed by atoms with Gasteiger partial charge in [-0.15, -0.1) is 22.7 Å². The molecule has 1 aromatic carbocycles. The van der Waals surface area contributed by atoms with Gasteiger partial charge in [0.15, 0.2) is 4.96 Å². The number of carbonyl (C=O) groups excluding carboxylic acids is 1. The third kappa shape index (κ3) is 3.91. The predicted octanol–water partition coefficient (Wildman–Crippen LogP) is 4.84. The van der Waals surface area contributed by atoms with Gasteiger partial charge in [0, 0.05) is 23.0 Å². The van der Waals surface area contributed by atoms with Crippen LogP contribution in [0, 0.1) is 6.92 Å². The van der Waals surface area contributed by atoms with Gasteiger partial charge in [-0.25, -0.2) is 14.5 Å². The van der Waals surface area contributed by atoms with Crippen molar-refractivity contribution in [1.82, 2.24) is 19.2 Å². The van der Waals surface area contributed by atoms with Gasteiger partial charge in [-0.3, -0.25) is 9.20 Å². The zero-order chi connectivity index (χ0) is 23.3. The number of aromatic nitrogens is 4. The normalized spacial score (nSPS) is 12.0. The summed E-state index contributed by atoms with van der Waals surface area (Å²) in [7, 11) is 0. The van der Waals surface area contributed by atoms with Crippen molar-refractivity contribution in [3.63, 3.8) is 0 Å². The number of thiophene rings is 1. The molecule has 0 unspecified atom stereocenters. The van der Waals surface area contributed by atoms with Gasteiger partial charge in [-0.1, -0.05) is 6.07 Å². The van der Waals surface area contributed by atoms with Gasteiger partial charge in [-0.05, 0) is 31.2 Å². The van der Waals surface area contributed by atoms with Crippen molar-refractivity contribution in [2.75, 3.05) is 0 Å². The lowest BCUT2D eigenvalue weighted by Crippen LogP contribution is -2.14. The van der Waals surface area contributed by atoms with E-state index in [1.54, 1.807) is 24.6 Å². The number of ether oxygens (including phenoxy) is 1. The Morgan fingerprint density at radius 1 is 1.21 bits per heavy atom. The monoisotopic (exact) mass is 490 g/mol. The summed E-state index contributed by atoms with van der Waals surface area (Å²) in [4.78, 5) is 30.3. The Morgan fingerprint density at radius 3 is 2.82 bits per heavy atom. The lowest BCUT2D eigenvalue weighted by Gasteiger charge is -2.09. The molecule has 7 nitrogen and oxygen atoms in total. The zero-order valence-electron chi connectivity index (χ0n) is 16.8. The fourth-order valence-corrected chi connectivity index (χ4v) is 5.12. The van der Waals surface area contributed by atoms with Gasteiger partial charge in [0.1, 0.15) is 16.3 Å². The molecule has 0 fully saturated rings. The maximum absolute atomic E-state index is 13.1. The topological polar surface area (TPSA) is 78.5 Å². The number of rotatable bonds is 4. The van der Waals surface area contributed by atoms with Crippen LogP contribution in [-0.2, 0) is 17.5 Å². The first-order chi connectivity index (χ1) is 15.7. The molecule has 0 saturated heterocycles. The van der Waals surface area contributed by atoms with Crippen molar-refractivity contribution >= 4 is 43.8 Å². The van der Waals surface area contributed by atoms with E-state index in [1.165, 1.54) is 38.6 Å². The van der Waals surface area contributed by atoms with E-state index in [-0.39, 0.29) is 22.7 Å². The number of alkyl halides is 3. The van der Waals surface area contributed by atoms with Crippen molar-refractivity contribution < 1.29 is 22.7 Å². The quantitative estimate of drug-likeness (QED) is 0.337. The van der Waals surface area contributed by atoms with Crippen LogP contribution < -0.4 is 5.56 Å². The van der Waals surface area contributed by atoms with Gasteiger partial charge >= 0.3 is 12.1 Å². The number of thiazole rings is 1. The fourth-order valence-electron chi connectivity index (χ4n) is 3.31. The minimum Gasteiger partial charge on any atom is -0.455 e. The molecule has 4 aromatic heterocycles. The van der Waals surface area contributed by atoms with Gasteiger partial charge in [0.2, 0.25) is 0 Å². The summed E-state index contributed by atoms with van der Waals surface area (Å²) < 4.78 is 47.5. The summed E-state index contributed by atoms with van der Waals surface area (Å²) >= 11 is 2.35. The molecule has 0 aliphatic carbocycles. The summed E-state index contributed by atoms with van der Waals surface area (Å²) in [6, 6.07) is 7.72. The molecule has 33 heavy (non-hydrogen) atoms. The molecule has 12 heteroatoms. The van der Waals surface area contributed by atoms with Gasteiger partial charge < -0.3 is 4.74 Å². The molecular formula is C21H13F3N4O3S2. The number of hydrogen-bond acceptors (Lipinski definition) is 7. The Labute approximate surface area is 191 Å². The van der Waals surface area contributed by atoms with Crippen molar-refractivity contribution in [2.24, 2.45) is 0 Å². The standard InChI is InChI=1S/C21H13F3N4O3S2/c1-11-15-9-16(19(30)31-10-13-8-17(29)27-5-6-32-20(27)25-13)33-18(15)28(26-11)14-4-2-3-12(7-14)21(22,23)24/h2-9H,10H2,1H3. The second-order valence-corrected chi connectivity index (χ2v) is 9.00. The molecule has 4 heterocycles. The van der Waals surface area contributed by atoms with E-state index in [2.05, 4.69) is 10.1 Å². The lowest BCUT2D eigenvalue weighted by atomic mass is 10.2. The van der Waals surface area contributed by atoms with Crippen LogP contribution in [0.3, 0.4) is 0 Å². The molecule has 0 aliphatic rings. The molecule has 168 valence electrons. The van der Waals surface area contributed by atoms with Crippen molar-refractivity contribution in [1.29, 1.82) is 0 Å². The van der Waals surface area contributed by atoms with E-state index in [9.17, 15) is 22.8 Å². The van der Waals surface area contributed by atoms with E-state index in [0.29, 0.717) is 26.6 Å².